The molecule has 32 valence electrons. The van der Waals surface area contributed by atoms with E-state index in [9.17, 15) is 0 Å². The molecule has 1 heterocycles. The molecule has 4 nitrogen and oxygen atoms in total. The van der Waals surface area contributed by atoms with Gasteiger partial charge in [0.15, 0.2) is 11.1 Å². The summed E-state index contributed by atoms with van der Waals surface area (Å²) in [6.45, 7) is 0. The average Bonchev–Trinajstić information content (AvgIpc) is 1.76. The summed E-state index contributed by atoms with van der Waals surface area (Å²) in [4.78, 5) is 1.87. The van der Waals surface area contributed by atoms with Gasteiger partial charge in [-0.25, -0.2) is 0 Å². The maximum atomic E-state index is 7.94. The van der Waals surface area contributed by atoms with Gasteiger partial charge in [0.25, 0.3) is 0 Å². The van der Waals surface area contributed by atoms with E-state index in [-0.39, 0.29) is 0 Å². The van der Waals surface area contributed by atoms with Crippen molar-refractivity contribution in [1.29, 1.82) is 0 Å². The zero-order chi connectivity index (χ0) is 3.91. The van der Waals surface area contributed by atoms with Gasteiger partial charge >= 0.3 is 0 Å². The second-order valence-electron chi connectivity index (χ2n) is 0.663. The Morgan fingerprint density at radius 3 is 1.80 bits per heavy atom. The van der Waals surface area contributed by atoms with Gasteiger partial charge in [0.2, 0.25) is 0 Å². The van der Waals surface area contributed by atoms with E-state index in [0.717, 1.165) is 0 Å². The molecule has 0 aromatic carbocycles. The first-order chi connectivity index (χ1) is 2.21. The predicted octanol–water partition coefficient (Wildman–Crippen LogP) is 0.102. The molecule has 0 radical (unpaired) electrons. The molecular formula is H3NO3S. The normalized spacial score (nSPS) is 36.4. The molecule has 0 saturated carbocycles. The van der Waals surface area contributed by atoms with Gasteiger partial charge in [-0.1, -0.05) is 4.89 Å². The molecule has 0 aromatic rings. The number of rotatable bonds is 0. The van der Waals surface area contributed by atoms with Crippen molar-refractivity contribution in [3.63, 3.8) is 0 Å². The topological polar surface area (TPSA) is 74.9 Å². The highest BCUT2D eigenvalue weighted by Crippen LogP contribution is 2.47. The second kappa shape index (κ2) is 0.636. The van der Waals surface area contributed by atoms with Crippen LogP contribution in [0, 0.1) is 0 Å². The van der Waals surface area contributed by atoms with Crippen molar-refractivity contribution in [3.05, 3.63) is 0 Å². The number of hydrogen-bond acceptors (Lipinski definition) is 4. The minimum atomic E-state index is -2.67. The summed E-state index contributed by atoms with van der Waals surface area (Å²) < 4.78 is 19.7. The molecule has 1 fully saturated rings. The highest BCUT2D eigenvalue weighted by atomic mass is 32.3. The summed E-state index contributed by atoms with van der Waals surface area (Å²) in [7, 11) is 0. The summed E-state index contributed by atoms with van der Waals surface area (Å²) in [5.41, 5.74) is 0. The lowest BCUT2D eigenvalue weighted by Gasteiger charge is -1.84. The molecule has 0 unspecified atom stereocenters. The number of hydrogen-bond donors (Lipinski definition) is 3. The van der Waals surface area contributed by atoms with E-state index in [4.69, 9.17) is 9.11 Å². The van der Waals surface area contributed by atoms with Crippen LogP contribution in [0.5, 0.6) is 0 Å². The molecule has 3 N–H and O–H groups in total. The van der Waals surface area contributed by atoms with Gasteiger partial charge in [0, 0.05) is 0 Å². The van der Waals surface area contributed by atoms with Crippen LogP contribution < -0.4 is 4.89 Å². The molecule has 1 aliphatic heterocycles. The number of nitrogens with one attached hydrogen (secondary N) is 1. The summed E-state index contributed by atoms with van der Waals surface area (Å²) >= 11 is -2.67. The molecule has 0 bridgehead atoms. The van der Waals surface area contributed by atoms with Crippen LogP contribution in [0.25, 0.3) is 0 Å². The Morgan fingerprint density at radius 1 is 1.60 bits per heavy atom. The van der Waals surface area contributed by atoms with E-state index in [0.29, 0.717) is 0 Å². The quantitative estimate of drug-likeness (QED) is 0.375. The molecule has 5 heteroatoms. The van der Waals surface area contributed by atoms with Crippen LogP contribution in [0.1, 0.15) is 0 Å². The first-order valence-electron chi connectivity index (χ1n) is 0.940. The van der Waals surface area contributed by atoms with Crippen molar-refractivity contribution < 1.29 is 13.4 Å². The third-order valence-corrected chi connectivity index (χ3v) is 0.697. The van der Waals surface area contributed by atoms with Crippen LogP contribution in [0.3, 0.4) is 0 Å². The summed E-state index contributed by atoms with van der Waals surface area (Å²) in [6.07, 6.45) is 0. The van der Waals surface area contributed by atoms with E-state index < -0.39 is 11.1 Å². The lowest BCUT2D eigenvalue weighted by atomic mass is 13.6. The fraction of sp³-hybridized carbons (Fsp3) is 0. The molecular weight excluding hydrogens is 94.1 g/mol. The van der Waals surface area contributed by atoms with Gasteiger partial charge in [-0.15, -0.1) is 0 Å². The Balaban J connectivity index is 2.38. The van der Waals surface area contributed by atoms with Crippen LogP contribution in [0.15, 0.2) is 0 Å². The van der Waals surface area contributed by atoms with E-state index >= 15 is 0 Å². The minimum Gasteiger partial charge on any atom is -0.294 e. The Bertz CT molecular complexity index is 44.9. The highest BCUT2D eigenvalue weighted by molar-refractivity contribution is 8.22. The second-order valence-corrected chi connectivity index (χ2v) is 1.99. The summed E-state index contributed by atoms with van der Waals surface area (Å²) in [5, 5.41) is 0. The third-order valence-electron chi connectivity index (χ3n) is 0.232. The lowest BCUT2D eigenvalue weighted by molar-refractivity contribution is 0.412. The molecule has 0 amide bonds. The summed E-state index contributed by atoms with van der Waals surface area (Å²) in [6, 6.07) is 0. The fourth-order valence-corrected chi connectivity index (χ4v) is 0.274. The third kappa shape index (κ3) is 0.746. The van der Waals surface area contributed by atoms with Crippen LogP contribution in [0.4, 0.5) is 0 Å². The average molecular weight is 97.1 g/mol. The largest absolute Gasteiger partial charge is 0.294 e. The zero-order valence-corrected chi connectivity index (χ0v) is 3.03. The molecule has 0 spiro atoms. The Labute approximate surface area is 30.4 Å². The highest BCUT2D eigenvalue weighted by Gasteiger charge is 2.33. The summed E-state index contributed by atoms with van der Waals surface area (Å²) in [5.74, 6) is 0. The first kappa shape index (κ1) is 3.38. The van der Waals surface area contributed by atoms with Crippen LogP contribution in [0.2, 0.25) is 0 Å². The molecule has 0 aromatic heterocycles. The zero-order valence-electron chi connectivity index (χ0n) is 2.21. The van der Waals surface area contributed by atoms with E-state index in [1.54, 1.807) is 0 Å². The van der Waals surface area contributed by atoms with E-state index in [2.05, 4.69) is 4.28 Å². The van der Waals surface area contributed by atoms with Crippen molar-refractivity contribution in [1.82, 2.24) is 4.89 Å². The minimum absolute atomic E-state index is 1.87. The van der Waals surface area contributed by atoms with Gasteiger partial charge in [0.05, 0.1) is 0 Å². The van der Waals surface area contributed by atoms with Crippen molar-refractivity contribution in [3.8, 4) is 0 Å². The maximum Gasteiger partial charge on any atom is 0.197 e. The Morgan fingerprint density at radius 2 is 1.80 bits per heavy atom. The molecule has 5 heavy (non-hydrogen) atoms. The Kier molecular flexibility index (Phi) is 0.430. The van der Waals surface area contributed by atoms with Crippen molar-refractivity contribution >= 4 is 11.1 Å². The predicted molar refractivity (Wildman–Crippen MR) is 17.1 cm³/mol. The molecule has 0 atom stereocenters. The molecule has 1 saturated heterocycles. The standard InChI is InChI=1S/H3NO3S/c2-5(3)1-4-5/h1-3H. The smallest absolute Gasteiger partial charge is 0.197 e. The van der Waals surface area contributed by atoms with Crippen molar-refractivity contribution in [2.75, 3.05) is 0 Å². The molecule has 1 aliphatic rings. The van der Waals surface area contributed by atoms with Gasteiger partial charge in [0.1, 0.15) is 0 Å². The first-order valence-corrected chi connectivity index (χ1v) is 2.41. The maximum absolute atomic E-state index is 7.94. The van der Waals surface area contributed by atoms with Gasteiger partial charge in [-0.3, -0.25) is 9.11 Å². The van der Waals surface area contributed by atoms with Gasteiger partial charge < -0.3 is 0 Å². The molecule has 0 aliphatic carbocycles. The lowest BCUT2D eigenvalue weighted by Crippen LogP contribution is -1.73. The SMILES string of the molecule is OS1(O)NO1. The van der Waals surface area contributed by atoms with Crippen molar-refractivity contribution in [2.45, 2.75) is 0 Å². The van der Waals surface area contributed by atoms with E-state index in [1.165, 1.54) is 0 Å². The van der Waals surface area contributed by atoms with Gasteiger partial charge in [-0.2, -0.15) is 4.28 Å². The van der Waals surface area contributed by atoms with Crippen LogP contribution in [-0.2, 0) is 4.28 Å². The van der Waals surface area contributed by atoms with Gasteiger partial charge in [-0.05, 0) is 0 Å². The Hall–Kier alpha value is 0.190. The van der Waals surface area contributed by atoms with Crippen LogP contribution in [-0.4, -0.2) is 9.11 Å². The fourth-order valence-electron chi connectivity index (χ4n) is 0.0304. The van der Waals surface area contributed by atoms with Crippen molar-refractivity contribution in [2.24, 2.45) is 0 Å². The monoisotopic (exact) mass is 97.0 g/mol. The molecule has 1 rings (SSSR count). The van der Waals surface area contributed by atoms with Crippen LogP contribution >= 0.6 is 11.1 Å². The van der Waals surface area contributed by atoms with E-state index in [1.807, 2.05) is 4.89 Å².